The van der Waals surface area contributed by atoms with E-state index in [1.54, 1.807) is 0 Å². The zero-order chi connectivity index (χ0) is 11.2. The second kappa shape index (κ2) is 3.76. The van der Waals surface area contributed by atoms with E-state index in [1.807, 2.05) is 13.8 Å². The normalized spacial score (nSPS) is 45.0. The van der Waals surface area contributed by atoms with Gasteiger partial charge >= 0.3 is 0 Å². The number of aliphatic hydroxyl groups is 1. The molecule has 88 valence electrons. The molecule has 0 amide bonds. The summed E-state index contributed by atoms with van der Waals surface area (Å²) in [5.74, 6) is 4.14. The van der Waals surface area contributed by atoms with Gasteiger partial charge in [0.1, 0.15) is 0 Å². The fourth-order valence-electron chi connectivity index (χ4n) is 4.65. The van der Waals surface area contributed by atoms with Crippen molar-refractivity contribution < 1.29 is 5.11 Å². The van der Waals surface area contributed by atoms with Gasteiger partial charge in [-0.05, 0) is 56.3 Å². The molecule has 5 unspecified atom stereocenters. The molecule has 0 heterocycles. The van der Waals surface area contributed by atoms with E-state index in [1.165, 1.54) is 25.7 Å². The van der Waals surface area contributed by atoms with Gasteiger partial charge in [0.2, 0.25) is 0 Å². The molecule has 1 N–H and O–H groups in total. The molecule has 2 aliphatic rings. The highest BCUT2D eigenvalue weighted by Crippen LogP contribution is 2.59. The molecule has 1 heteroatoms. The third kappa shape index (κ3) is 1.73. The third-order valence-corrected chi connectivity index (χ3v) is 5.20. The Bertz CT molecular complexity index is 228. The van der Waals surface area contributed by atoms with Crippen molar-refractivity contribution in [1.29, 1.82) is 0 Å². The second-order valence-corrected chi connectivity index (χ2v) is 6.30. The average molecular weight is 210 g/mol. The van der Waals surface area contributed by atoms with Gasteiger partial charge in [0.05, 0.1) is 5.60 Å². The summed E-state index contributed by atoms with van der Waals surface area (Å²) in [7, 11) is 0. The minimum Gasteiger partial charge on any atom is -0.390 e. The van der Waals surface area contributed by atoms with Crippen LogP contribution in [0.1, 0.15) is 53.4 Å². The van der Waals surface area contributed by atoms with Crippen molar-refractivity contribution in [1.82, 2.24) is 0 Å². The smallest absolute Gasteiger partial charge is 0.0622 e. The molecule has 2 aliphatic carbocycles. The van der Waals surface area contributed by atoms with E-state index in [-0.39, 0.29) is 0 Å². The van der Waals surface area contributed by atoms with Gasteiger partial charge in [0.15, 0.2) is 0 Å². The summed E-state index contributed by atoms with van der Waals surface area (Å²) in [6.45, 7) is 8.68. The van der Waals surface area contributed by atoms with E-state index >= 15 is 0 Å². The van der Waals surface area contributed by atoms with E-state index in [0.29, 0.717) is 5.92 Å². The topological polar surface area (TPSA) is 20.2 Å². The Kier molecular flexibility index (Phi) is 2.87. The summed E-state index contributed by atoms with van der Waals surface area (Å²) >= 11 is 0. The van der Waals surface area contributed by atoms with Gasteiger partial charge in [-0.1, -0.05) is 26.7 Å². The van der Waals surface area contributed by atoms with Crippen LogP contribution >= 0.6 is 0 Å². The summed E-state index contributed by atoms with van der Waals surface area (Å²) in [5, 5.41) is 10.2. The zero-order valence-corrected chi connectivity index (χ0v) is 10.7. The summed E-state index contributed by atoms with van der Waals surface area (Å²) in [5.41, 5.74) is -0.453. The van der Waals surface area contributed by atoms with Gasteiger partial charge in [0.25, 0.3) is 0 Å². The molecule has 0 aromatic carbocycles. The van der Waals surface area contributed by atoms with E-state index in [9.17, 15) is 5.11 Å². The van der Waals surface area contributed by atoms with E-state index in [0.717, 1.165) is 23.7 Å². The Hall–Kier alpha value is -0.0400. The predicted octanol–water partition coefficient (Wildman–Crippen LogP) is 3.47. The summed E-state index contributed by atoms with van der Waals surface area (Å²) in [6.07, 6.45) is 5.33. The van der Waals surface area contributed by atoms with Crippen LogP contribution in [-0.2, 0) is 0 Å². The lowest BCUT2D eigenvalue weighted by molar-refractivity contribution is -0.0316. The first-order chi connectivity index (χ1) is 6.99. The molecule has 2 fully saturated rings. The molecule has 0 radical (unpaired) electrons. The average Bonchev–Trinajstić information content (AvgIpc) is 2.71. The van der Waals surface area contributed by atoms with Crippen LogP contribution in [0.25, 0.3) is 0 Å². The molecule has 1 nitrogen and oxygen atoms in total. The highest BCUT2D eigenvalue weighted by Gasteiger charge is 2.54. The van der Waals surface area contributed by atoms with Crippen LogP contribution in [0.15, 0.2) is 0 Å². The first kappa shape index (κ1) is 11.4. The predicted molar refractivity (Wildman–Crippen MR) is 63.6 cm³/mol. The highest BCUT2D eigenvalue weighted by molar-refractivity contribution is 5.03. The Balaban J connectivity index is 2.15. The maximum atomic E-state index is 10.2. The fraction of sp³-hybridized carbons (Fsp3) is 1.00. The lowest BCUT2D eigenvalue weighted by Crippen LogP contribution is -2.39. The van der Waals surface area contributed by atoms with Gasteiger partial charge in [-0.3, -0.25) is 0 Å². The Morgan fingerprint density at radius 2 is 1.67 bits per heavy atom. The summed E-state index contributed by atoms with van der Waals surface area (Å²) < 4.78 is 0. The van der Waals surface area contributed by atoms with Crippen molar-refractivity contribution >= 4 is 0 Å². The first-order valence-electron chi connectivity index (χ1n) is 6.71. The van der Waals surface area contributed by atoms with Crippen molar-refractivity contribution in [2.75, 3.05) is 0 Å². The van der Waals surface area contributed by atoms with Crippen LogP contribution in [-0.4, -0.2) is 10.7 Å². The van der Waals surface area contributed by atoms with Gasteiger partial charge in [-0.2, -0.15) is 0 Å². The monoisotopic (exact) mass is 210 g/mol. The van der Waals surface area contributed by atoms with Crippen LogP contribution in [0.5, 0.6) is 0 Å². The summed E-state index contributed by atoms with van der Waals surface area (Å²) in [4.78, 5) is 0. The van der Waals surface area contributed by atoms with Gasteiger partial charge in [-0.25, -0.2) is 0 Å². The molecule has 15 heavy (non-hydrogen) atoms. The quantitative estimate of drug-likeness (QED) is 0.756. The molecule has 2 bridgehead atoms. The molecule has 0 spiro atoms. The van der Waals surface area contributed by atoms with Crippen LogP contribution in [0.4, 0.5) is 0 Å². The number of hydrogen-bond donors (Lipinski definition) is 1. The van der Waals surface area contributed by atoms with Crippen molar-refractivity contribution in [3.8, 4) is 0 Å². The molecule has 2 rings (SSSR count). The van der Waals surface area contributed by atoms with E-state index < -0.39 is 5.60 Å². The molecular weight excluding hydrogens is 184 g/mol. The second-order valence-electron chi connectivity index (χ2n) is 6.30. The molecule has 0 saturated heterocycles. The minimum absolute atomic E-state index is 0.453. The maximum absolute atomic E-state index is 10.2. The van der Waals surface area contributed by atoms with Crippen molar-refractivity contribution in [2.45, 2.75) is 59.0 Å². The van der Waals surface area contributed by atoms with Crippen molar-refractivity contribution in [3.05, 3.63) is 0 Å². The molecule has 0 aromatic heterocycles. The molecule has 0 aliphatic heterocycles. The van der Waals surface area contributed by atoms with E-state index in [2.05, 4.69) is 13.8 Å². The highest BCUT2D eigenvalue weighted by atomic mass is 16.3. The molecular formula is C14H26O. The Morgan fingerprint density at radius 1 is 1.07 bits per heavy atom. The Morgan fingerprint density at radius 3 is 2.13 bits per heavy atom. The summed E-state index contributed by atoms with van der Waals surface area (Å²) in [6, 6.07) is 0. The van der Waals surface area contributed by atoms with Crippen molar-refractivity contribution in [3.63, 3.8) is 0 Å². The third-order valence-electron chi connectivity index (χ3n) is 5.20. The maximum Gasteiger partial charge on any atom is 0.0622 e. The first-order valence-corrected chi connectivity index (χ1v) is 6.71. The molecule has 2 saturated carbocycles. The van der Waals surface area contributed by atoms with Gasteiger partial charge in [-0.15, -0.1) is 0 Å². The van der Waals surface area contributed by atoms with Crippen LogP contribution in [0.3, 0.4) is 0 Å². The number of fused-ring (bicyclic) bond motifs is 2. The fourth-order valence-corrected chi connectivity index (χ4v) is 4.65. The molecule has 0 aromatic rings. The van der Waals surface area contributed by atoms with Gasteiger partial charge < -0.3 is 5.11 Å². The van der Waals surface area contributed by atoms with Crippen LogP contribution in [0.2, 0.25) is 0 Å². The van der Waals surface area contributed by atoms with Crippen LogP contribution in [0, 0.1) is 29.6 Å². The van der Waals surface area contributed by atoms with E-state index in [4.69, 9.17) is 0 Å². The SMILES string of the molecule is CCC1C2CC(C1CC)C(C(C)(C)O)C2. The lowest BCUT2D eigenvalue weighted by atomic mass is 9.67. The molecule has 5 atom stereocenters. The number of hydrogen-bond acceptors (Lipinski definition) is 1. The Labute approximate surface area is 94.3 Å². The lowest BCUT2D eigenvalue weighted by Gasteiger charge is -2.40. The van der Waals surface area contributed by atoms with Crippen molar-refractivity contribution in [2.24, 2.45) is 29.6 Å². The zero-order valence-electron chi connectivity index (χ0n) is 10.7. The standard InChI is InChI=1S/C14H26O/c1-5-10-9-7-12(11(10)6-2)13(8-9)14(3,4)15/h9-13,15H,5-8H2,1-4H3. The largest absolute Gasteiger partial charge is 0.390 e. The van der Waals surface area contributed by atoms with Gasteiger partial charge in [0, 0.05) is 0 Å². The van der Waals surface area contributed by atoms with Crippen LogP contribution < -0.4 is 0 Å². The number of rotatable bonds is 3. The minimum atomic E-state index is -0.453.